The molecule has 2 rings (SSSR count). The molecule has 116 valence electrons. The van der Waals surface area contributed by atoms with Gasteiger partial charge in [-0.15, -0.1) is 0 Å². The van der Waals surface area contributed by atoms with Crippen molar-refractivity contribution in [1.29, 1.82) is 0 Å². The van der Waals surface area contributed by atoms with Crippen LogP contribution in [0.5, 0.6) is 0 Å². The second-order valence-electron chi connectivity index (χ2n) is 7.27. The summed E-state index contributed by atoms with van der Waals surface area (Å²) in [6, 6.07) is 0. The summed E-state index contributed by atoms with van der Waals surface area (Å²) < 4.78 is 0. The average Bonchev–Trinajstić information content (AvgIpc) is 3.15. The van der Waals surface area contributed by atoms with E-state index in [0.717, 1.165) is 44.9 Å². The Hall–Kier alpha value is -0.770. The van der Waals surface area contributed by atoms with Crippen LogP contribution in [0.25, 0.3) is 0 Å². The molecule has 0 saturated heterocycles. The predicted octanol–water partition coefficient (Wildman–Crippen LogP) is 2.28. The third kappa shape index (κ3) is 4.11. The van der Waals surface area contributed by atoms with Gasteiger partial charge in [-0.25, -0.2) is 0 Å². The van der Waals surface area contributed by atoms with Crippen LogP contribution < -0.4 is 10.6 Å². The zero-order valence-corrected chi connectivity index (χ0v) is 13.3. The Kier molecular flexibility index (Phi) is 4.95. The Balaban J connectivity index is 1.87. The highest BCUT2D eigenvalue weighted by atomic mass is 16.3. The Morgan fingerprint density at radius 1 is 1.20 bits per heavy atom. The SMILES string of the molecule is CCNC(=NCC1(C)CC1)NCC1(C)CCCCC1O. The molecule has 4 heteroatoms. The van der Waals surface area contributed by atoms with Crippen LogP contribution in [0, 0.1) is 10.8 Å². The van der Waals surface area contributed by atoms with Gasteiger partial charge in [0.05, 0.1) is 6.10 Å². The highest BCUT2D eigenvalue weighted by molar-refractivity contribution is 5.79. The van der Waals surface area contributed by atoms with Gasteiger partial charge < -0.3 is 15.7 Å². The van der Waals surface area contributed by atoms with Crippen LogP contribution in [0.2, 0.25) is 0 Å². The van der Waals surface area contributed by atoms with E-state index < -0.39 is 0 Å². The molecule has 2 unspecified atom stereocenters. The number of nitrogens with one attached hydrogen (secondary N) is 2. The Bertz CT molecular complexity index is 352. The fraction of sp³-hybridized carbons (Fsp3) is 0.938. The number of nitrogens with zero attached hydrogens (tertiary/aromatic N) is 1. The molecule has 0 aromatic heterocycles. The molecule has 2 saturated carbocycles. The molecule has 0 spiro atoms. The van der Waals surface area contributed by atoms with Crippen LogP contribution in [0.4, 0.5) is 0 Å². The maximum absolute atomic E-state index is 10.2. The van der Waals surface area contributed by atoms with E-state index in [0.29, 0.717) is 5.41 Å². The Morgan fingerprint density at radius 2 is 1.95 bits per heavy atom. The van der Waals surface area contributed by atoms with Gasteiger partial charge in [0.2, 0.25) is 0 Å². The molecule has 4 nitrogen and oxygen atoms in total. The number of guanidine groups is 1. The van der Waals surface area contributed by atoms with E-state index in [1.807, 2.05) is 0 Å². The third-order valence-electron chi connectivity index (χ3n) is 5.01. The van der Waals surface area contributed by atoms with E-state index in [1.165, 1.54) is 19.3 Å². The molecular formula is C16H31N3O. The topological polar surface area (TPSA) is 56.7 Å². The first kappa shape index (κ1) is 15.6. The van der Waals surface area contributed by atoms with Crippen molar-refractivity contribution < 1.29 is 5.11 Å². The van der Waals surface area contributed by atoms with Gasteiger partial charge >= 0.3 is 0 Å². The molecule has 0 aliphatic heterocycles. The van der Waals surface area contributed by atoms with Crippen LogP contribution in [0.3, 0.4) is 0 Å². The first-order valence-electron chi connectivity index (χ1n) is 8.18. The number of hydrogen-bond acceptors (Lipinski definition) is 2. The molecule has 0 aromatic carbocycles. The summed E-state index contributed by atoms with van der Waals surface area (Å²) in [4.78, 5) is 4.70. The maximum atomic E-state index is 10.2. The fourth-order valence-electron chi connectivity index (χ4n) is 2.86. The summed E-state index contributed by atoms with van der Waals surface area (Å²) in [7, 11) is 0. The minimum absolute atomic E-state index is 0.0159. The maximum Gasteiger partial charge on any atom is 0.191 e. The largest absolute Gasteiger partial charge is 0.392 e. The molecule has 0 amide bonds. The molecule has 2 fully saturated rings. The minimum atomic E-state index is -0.187. The van der Waals surface area contributed by atoms with E-state index in [9.17, 15) is 5.11 Å². The van der Waals surface area contributed by atoms with E-state index in [-0.39, 0.29) is 11.5 Å². The molecule has 0 radical (unpaired) electrons. The van der Waals surface area contributed by atoms with Crippen LogP contribution in [0.1, 0.15) is 59.3 Å². The van der Waals surface area contributed by atoms with E-state index in [2.05, 4.69) is 31.4 Å². The molecule has 2 aliphatic carbocycles. The van der Waals surface area contributed by atoms with Gasteiger partial charge in [0.1, 0.15) is 0 Å². The Labute approximate surface area is 123 Å². The number of aliphatic hydroxyl groups is 1. The van der Waals surface area contributed by atoms with Crippen molar-refractivity contribution in [2.75, 3.05) is 19.6 Å². The van der Waals surface area contributed by atoms with Crippen molar-refractivity contribution in [2.24, 2.45) is 15.8 Å². The summed E-state index contributed by atoms with van der Waals surface area (Å²) in [5.41, 5.74) is 0.425. The molecule has 20 heavy (non-hydrogen) atoms. The standard InChI is InChI=1S/C16H31N3O/c1-4-17-14(18-11-15(2)9-10-15)19-12-16(3)8-6-5-7-13(16)20/h13,20H,4-12H2,1-3H3,(H2,17,18,19). The monoisotopic (exact) mass is 281 g/mol. The van der Waals surface area contributed by atoms with Gasteiger partial charge in [-0.05, 0) is 38.0 Å². The summed E-state index contributed by atoms with van der Waals surface area (Å²) >= 11 is 0. The first-order chi connectivity index (χ1) is 9.47. The predicted molar refractivity (Wildman–Crippen MR) is 83.9 cm³/mol. The molecule has 3 N–H and O–H groups in total. The minimum Gasteiger partial charge on any atom is -0.392 e. The van der Waals surface area contributed by atoms with Gasteiger partial charge in [0.15, 0.2) is 5.96 Å². The van der Waals surface area contributed by atoms with E-state index in [4.69, 9.17) is 4.99 Å². The van der Waals surface area contributed by atoms with Gasteiger partial charge in [0.25, 0.3) is 0 Å². The molecule has 2 aliphatic rings. The second-order valence-corrected chi connectivity index (χ2v) is 7.27. The number of aliphatic hydroxyl groups excluding tert-OH is 1. The van der Waals surface area contributed by atoms with Crippen molar-refractivity contribution in [1.82, 2.24) is 10.6 Å². The number of aliphatic imine (C=N–C) groups is 1. The van der Waals surface area contributed by atoms with Crippen LogP contribution in [-0.4, -0.2) is 36.8 Å². The summed E-state index contributed by atoms with van der Waals surface area (Å²) in [6.45, 7) is 9.16. The van der Waals surface area contributed by atoms with Gasteiger partial charge in [-0.2, -0.15) is 0 Å². The number of hydrogen-bond donors (Lipinski definition) is 3. The van der Waals surface area contributed by atoms with Crippen LogP contribution in [0.15, 0.2) is 4.99 Å². The lowest BCUT2D eigenvalue weighted by molar-refractivity contribution is 0.00397. The smallest absolute Gasteiger partial charge is 0.191 e. The Morgan fingerprint density at radius 3 is 2.55 bits per heavy atom. The normalized spacial score (nSPS) is 32.8. The lowest BCUT2D eigenvalue weighted by Crippen LogP contribution is -2.48. The van der Waals surface area contributed by atoms with Crippen molar-refractivity contribution in [3.05, 3.63) is 0 Å². The lowest BCUT2D eigenvalue weighted by atomic mass is 9.73. The average molecular weight is 281 g/mol. The zero-order chi connectivity index (χ0) is 14.6. The highest BCUT2D eigenvalue weighted by Crippen LogP contribution is 2.45. The lowest BCUT2D eigenvalue weighted by Gasteiger charge is -2.38. The van der Waals surface area contributed by atoms with Crippen molar-refractivity contribution in [3.8, 4) is 0 Å². The zero-order valence-electron chi connectivity index (χ0n) is 13.3. The van der Waals surface area contributed by atoms with E-state index >= 15 is 0 Å². The molecule has 2 atom stereocenters. The third-order valence-corrected chi connectivity index (χ3v) is 5.01. The van der Waals surface area contributed by atoms with Crippen molar-refractivity contribution in [2.45, 2.75) is 65.4 Å². The molecular weight excluding hydrogens is 250 g/mol. The van der Waals surface area contributed by atoms with Crippen LogP contribution >= 0.6 is 0 Å². The quantitative estimate of drug-likeness (QED) is 0.535. The molecule has 0 heterocycles. The molecule has 0 bridgehead atoms. The van der Waals surface area contributed by atoms with Gasteiger partial charge in [-0.1, -0.05) is 26.7 Å². The fourth-order valence-corrected chi connectivity index (χ4v) is 2.86. The van der Waals surface area contributed by atoms with E-state index in [1.54, 1.807) is 0 Å². The summed E-state index contributed by atoms with van der Waals surface area (Å²) in [6.07, 6.45) is 6.82. The second kappa shape index (κ2) is 6.33. The summed E-state index contributed by atoms with van der Waals surface area (Å²) in [5.74, 6) is 0.902. The van der Waals surface area contributed by atoms with Crippen molar-refractivity contribution >= 4 is 5.96 Å². The molecule has 0 aromatic rings. The summed E-state index contributed by atoms with van der Waals surface area (Å²) in [5, 5.41) is 17.0. The van der Waals surface area contributed by atoms with Gasteiger partial charge in [-0.3, -0.25) is 4.99 Å². The van der Waals surface area contributed by atoms with Gasteiger partial charge in [0, 0.05) is 25.0 Å². The van der Waals surface area contributed by atoms with Crippen LogP contribution in [-0.2, 0) is 0 Å². The van der Waals surface area contributed by atoms with Crippen molar-refractivity contribution in [3.63, 3.8) is 0 Å². The number of rotatable bonds is 5. The highest BCUT2D eigenvalue weighted by Gasteiger charge is 2.37. The first-order valence-corrected chi connectivity index (χ1v) is 8.18.